The predicted octanol–water partition coefficient (Wildman–Crippen LogP) is 1.40. The van der Waals surface area contributed by atoms with Gasteiger partial charge in [0.1, 0.15) is 0 Å². The minimum absolute atomic E-state index is 0.628. The lowest BCUT2D eigenvalue weighted by molar-refractivity contribution is 0.520. The van der Waals surface area contributed by atoms with Crippen LogP contribution in [0.2, 0.25) is 0 Å². The number of rotatable bonds is 2. The van der Waals surface area contributed by atoms with Gasteiger partial charge in [-0.15, -0.1) is 0 Å². The summed E-state index contributed by atoms with van der Waals surface area (Å²) in [5, 5.41) is 6.73. The van der Waals surface area contributed by atoms with Crippen LogP contribution in [0.25, 0.3) is 0 Å². The first-order valence-electron chi connectivity index (χ1n) is 5.26. The number of nitrogens with one attached hydrogen (secondary N) is 2. The molecule has 76 valence electrons. The highest BCUT2D eigenvalue weighted by atomic mass is 14.9. The SMILES string of the molecule is CNCC1CNCc2c(C)cccc21. The van der Waals surface area contributed by atoms with E-state index in [-0.39, 0.29) is 0 Å². The van der Waals surface area contributed by atoms with E-state index in [9.17, 15) is 0 Å². The molecule has 1 aromatic rings. The molecule has 0 aliphatic carbocycles. The van der Waals surface area contributed by atoms with E-state index in [1.54, 1.807) is 0 Å². The predicted molar refractivity (Wildman–Crippen MR) is 59.6 cm³/mol. The molecule has 0 spiro atoms. The van der Waals surface area contributed by atoms with E-state index in [0.717, 1.165) is 19.6 Å². The van der Waals surface area contributed by atoms with Crippen LogP contribution in [0, 0.1) is 6.92 Å². The minimum atomic E-state index is 0.628. The van der Waals surface area contributed by atoms with E-state index in [4.69, 9.17) is 0 Å². The van der Waals surface area contributed by atoms with E-state index in [0.29, 0.717) is 5.92 Å². The maximum atomic E-state index is 3.48. The molecule has 1 aliphatic heterocycles. The van der Waals surface area contributed by atoms with Gasteiger partial charge in [0.15, 0.2) is 0 Å². The maximum Gasteiger partial charge on any atom is 0.0211 e. The molecule has 2 nitrogen and oxygen atoms in total. The van der Waals surface area contributed by atoms with Crippen molar-refractivity contribution in [2.45, 2.75) is 19.4 Å². The Kier molecular flexibility index (Phi) is 2.85. The van der Waals surface area contributed by atoms with Crippen molar-refractivity contribution in [1.29, 1.82) is 0 Å². The molecule has 0 aromatic heterocycles. The molecule has 0 bridgehead atoms. The Morgan fingerprint density at radius 3 is 3.14 bits per heavy atom. The summed E-state index contributed by atoms with van der Waals surface area (Å²) in [4.78, 5) is 0. The van der Waals surface area contributed by atoms with Gasteiger partial charge in [0, 0.05) is 25.6 Å². The summed E-state index contributed by atoms with van der Waals surface area (Å²) in [5.41, 5.74) is 4.44. The Morgan fingerprint density at radius 1 is 1.50 bits per heavy atom. The van der Waals surface area contributed by atoms with Crippen molar-refractivity contribution in [3.63, 3.8) is 0 Å². The molecule has 0 amide bonds. The molecule has 14 heavy (non-hydrogen) atoms. The van der Waals surface area contributed by atoms with Gasteiger partial charge in [0.25, 0.3) is 0 Å². The van der Waals surface area contributed by atoms with Crippen molar-refractivity contribution in [1.82, 2.24) is 10.6 Å². The summed E-state index contributed by atoms with van der Waals surface area (Å²) in [5.74, 6) is 0.628. The second-order valence-corrected chi connectivity index (χ2v) is 4.03. The fourth-order valence-electron chi connectivity index (χ4n) is 2.26. The third kappa shape index (κ3) is 1.68. The Balaban J connectivity index is 2.34. The number of hydrogen-bond donors (Lipinski definition) is 2. The van der Waals surface area contributed by atoms with Crippen LogP contribution in [0.4, 0.5) is 0 Å². The zero-order valence-corrected chi connectivity index (χ0v) is 8.93. The highest BCUT2D eigenvalue weighted by Crippen LogP contribution is 2.25. The number of hydrogen-bond acceptors (Lipinski definition) is 2. The highest BCUT2D eigenvalue weighted by Gasteiger charge is 2.19. The smallest absolute Gasteiger partial charge is 0.0211 e. The summed E-state index contributed by atoms with van der Waals surface area (Å²) < 4.78 is 0. The first-order valence-corrected chi connectivity index (χ1v) is 5.26. The van der Waals surface area contributed by atoms with E-state index in [1.165, 1.54) is 16.7 Å². The first-order chi connectivity index (χ1) is 6.83. The summed E-state index contributed by atoms with van der Waals surface area (Å²) in [7, 11) is 2.02. The number of fused-ring (bicyclic) bond motifs is 1. The summed E-state index contributed by atoms with van der Waals surface area (Å²) in [6, 6.07) is 6.63. The maximum absolute atomic E-state index is 3.48. The second-order valence-electron chi connectivity index (χ2n) is 4.03. The average molecular weight is 190 g/mol. The number of benzene rings is 1. The lowest BCUT2D eigenvalue weighted by atomic mass is 9.88. The molecule has 2 heteroatoms. The van der Waals surface area contributed by atoms with Crippen molar-refractivity contribution in [3.05, 3.63) is 34.9 Å². The van der Waals surface area contributed by atoms with Crippen LogP contribution in [0.15, 0.2) is 18.2 Å². The van der Waals surface area contributed by atoms with Crippen molar-refractivity contribution in [3.8, 4) is 0 Å². The van der Waals surface area contributed by atoms with E-state index in [2.05, 4.69) is 35.8 Å². The molecule has 0 radical (unpaired) electrons. The van der Waals surface area contributed by atoms with Gasteiger partial charge in [0.05, 0.1) is 0 Å². The van der Waals surface area contributed by atoms with Crippen molar-refractivity contribution >= 4 is 0 Å². The molecular formula is C12H18N2. The molecular weight excluding hydrogens is 172 g/mol. The number of aryl methyl sites for hydroxylation is 1. The second kappa shape index (κ2) is 4.11. The molecule has 1 atom stereocenters. The van der Waals surface area contributed by atoms with E-state index < -0.39 is 0 Å². The van der Waals surface area contributed by atoms with Gasteiger partial charge in [-0.3, -0.25) is 0 Å². The van der Waals surface area contributed by atoms with E-state index in [1.807, 2.05) is 7.05 Å². The molecule has 0 fully saturated rings. The van der Waals surface area contributed by atoms with Crippen LogP contribution in [0.1, 0.15) is 22.6 Å². The number of likely N-dealkylation sites (N-methyl/N-ethyl adjacent to an activating group) is 1. The molecule has 1 unspecified atom stereocenters. The van der Waals surface area contributed by atoms with Crippen LogP contribution in [0.3, 0.4) is 0 Å². The third-order valence-corrected chi connectivity index (χ3v) is 3.03. The Labute approximate surface area is 85.7 Å². The van der Waals surface area contributed by atoms with Crippen LogP contribution < -0.4 is 10.6 Å². The molecule has 2 N–H and O–H groups in total. The molecule has 1 heterocycles. The van der Waals surface area contributed by atoms with Gasteiger partial charge in [-0.2, -0.15) is 0 Å². The normalized spacial score (nSPS) is 20.6. The van der Waals surface area contributed by atoms with Crippen LogP contribution in [0.5, 0.6) is 0 Å². The minimum Gasteiger partial charge on any atom is -0.319 e. The van der Waals surface area contributed by atoms with Gasteiger partial charge in [-0.1, -0.05) is 18.2 Å². The summed E-state index contributed by atoms with van der Waals surface area (Å²) >= 11 is 0. The Bertz CT molecular complexity index is 320. The van der Waals surface area contributed by atoms with Gasteiger partial charge in [0.2, 0.25) is 0 Å². The van der Waals surface area contributed by atoms with Crippen LogP contribution >= 0.6 is 0 Å². The first kappa shape index (κ1) is 9.69. The highest BCUT2D eigenvalue weighted by molar-refractivity contribution is 5.38. The van der Waals surface area contributed by atoms with Crippen molar-refractivity contribution in [2.75, 3.05) is 20.1 Å². The van der Waals surface area contributed by atoms with Gasteiger partial charge in [-0.05, 0) is 30.7 Å². The fraction of sp³-hybridized carbons (Fsp3) is 0.500. The standard InChI is InChI=1S/C12H18N2/c1-9-4-3-5-11-10(6-13-2)7-14-8-12(9)11/h3-5,10,13-14H,6-8H2,1-2H3. The summed E-state index contributed by atoms with van der Waals surface area (Å²) in [6.45, 7) is 5.38. The van der Waals surface area contributed by atoms with Gasteiger partial charge < -0.3 is 10.6 Å². The molecule has 1 aromatic carbocycles. The van der Waals surface area contributed by atoms with E-state index >= 15 is 0 Å². The van der Waals surface area contributed by atoms with Crippen LogP contribution in [-0.4, -0.2) is 20.1 Å². The lowest BCUT2D eigenvalue weighted by Crippen LogP contribution is -2.33. The molecule has 0 saturated heterocycles. The van der Waals surface area contributed by atoms with Crippen molar-refractivity contribution < 1.29 is 0 Å². The lowest BCUT2D eigenvalue weighted by Gasteiger charge is -2.27. The molecule has 2 rings (SSSR count). The largest absolute Gasteiger partial charge is 0.319 e. The Hall–Kier alpha value is -0.860. The van der Waals surface area contributed by atoms with Crippen molar-refractivity contribution in [2.24, 2.45) is 0 Å². The Morgan fingerprint density at radius 2 is 2.36 bits per heavy atom. The van der Waals surface area contributed by atoms with Gasteiger partial charge >= 0.3 is 0 Å². The van der Waals surface area contributed by atoms with Gasteiger partial charge in [-0.25, -0.2) is 0 Å². The zero-order valence-electron chi connectivity index (χ0n) is 8.93. The summed E-state index contributed by atoms with van der Waals surface area (Å²) in [6.07, 6.45) is 0. The molecule has 0 saturated carbocycles. The fourth-order valence-corrected chi connectivity index (χ4v) is 2.26. The average Bonchev–Trinajstić information content (AvgIpc) is 2.20. The topological polar surface area (TPSA) is 24.1 Å². The quantitative estimate of drug-likeness (QED) is 0.736. The monoisotopic (exact) mass is 190 g/mol. The third-order valence-electron chi connectivity index (χ3n) is 3.03. The zero-order chi connectivity index (χ0) is 9.97. The molecule has 1 aliphatic rings. The van der Waals surface area contributed by atoms with Crippen LogP contribution in [-0.2, 0) is 6.54 Å².